The highest BCUT2D eigenvalue weighted by molar-refractivity contribution is 8.01. The Labute approximate surface area is 240 Å². The van der Waals surface area contributed by atoms with Crippen molar-refractivity contribution >= 4 is 47.0 Å². The van der Waals surface area contributed by atoms with Crippen LogP contribution in [0.3, 0.4) is 0 Å². The predicted octanol–water partition coefficient (Wildman–Crippen LogP) is 1.61. The highest BCUT2D eigenvalue weighted by Crippen LogP contribution is 2.42. The van der Waals surface area contributed by atoms with Gasteiger partial charge in [0.15, 0.2) is 0 Å². The first-order valence-corrected chi connectivity index (χ1v) is 14.2. The lowest BCUT2D eigenvalue weighted by Crippen LogP contribution is -2.71. The zero-order valence-corrected chi connectivity index (χ0v) is 22.8. The Balaban J connectivity index is 1.31. The monoisotopic (exact) mass is 597 g/mol. The molecule has 0 saturated carbocycles. The van der Waals surface area contributed by atoms with E-state index >= 15 is 0 Å². The molecule has 3 aromatic rings. The van der Waals surface area contributed by atoms with Crippen molar-refractivity contribution in [2.45, 2.75) is 29.1 Å². The summed E-state index contributed by atoms with van der Waals surface area (Å²) in [5.74, 6) is -1.03. The number of carbonyl (C=O) groups excluding carboxylic acids is 3. The smallest absolute Gasteiger partial charge is 0.355 e. The Bertz CT molecular complexity index is 1500. The molecule has 5 N–H and O–H groups in total. The van der Waals surface area contributed by atoms with Gasteiger partial charge in [0.1, 0.15) is 40.5 Å². The lowest BCUT2D eigenvalue weighted by atomic mass is 10.0. The molecule has 14 nitrogen and oxygen atoms in total. The van der Waals surface area contributed by atoms with Crippen LogP contribution in [0.5, 0.6) is 5.75 Å². The van der Waals surface area contributed by atoms with Gasteiger partial charge in [-0.25, -0.2) is 4.79 Å². The molecule has 0 aliphatic carbocycles. The number of nitrogens with zero attached hydrogens (tertiary/aromatic N) is 4. The Morgan fingerprint density at radius 3 is 2.66 bits per heavy atom. The van der Waals surface area contributed by atoms with Gasteiger partial charge in [-0.05, 0) is 41.0 Å². The molecule has 1 unspecified atom stereocenters. The number of hydrogen-bond donors (Lipinski definition) is 4. The third-order valence-corrected chi connectivity index (χ3v) is 8.73. The van der Waals surface area contributed by atoms with Crippen molar-refractivity contribution in [3.63, 3.8) is 0 Å². The largest absolute Gasteiger partial charge is 0.508 e. The number of non-ortho nitro benzene ring substituents is 1. The zero-order chi connectivity index (χ0) is 29.1. The van der Waals surface area contributed by atoms with E-state index in [0.717, 1.165) is 0 Å². The van der Waals surface area contributed by atoms with Gasteiger partial charge in [0, 0.05) is 23.6 Å². The van der Waals surface area contributed by atoms with Gasteiger partial charge < -0.3 is 20.9 Å². The van der Waals surface area contributed by atoms with Crippen molar-refractivity contribution in [2.75, 3.05) is 11.5 Å². The van der Waals surface area contributed by atoms with Crippen molar-refractivity contribution in [1.82, 2.24) is 25.6 Å². The van der Waals surface area contributed by atoms with E-state index < -0.39 is 40.2 Å². The number of phenolic OH excluding ortho intramolecular Hbond substituents is 1. The number of esters is 1. The number of nitrogens with one attached hydrogen (secondary N) is 2. The predicted molar refractivity (Wildman–Crippen MR) is 147 cm³/mol. The second kappa shape index (κ2) is 12.0. The minimum atomic E-state index is -1.07. The van der Waals surface area contributed by atoms with Gasteiger partial charge in [0.2, 0.25) is 5.91 Å². The van der Waals surface area contributed by atoms with Crippen molar-refractivity contribution in [3.05, 3.63) is 87.2 Å². The quantitative estimate of drug-likeness (QED) is 0.0864. The molecule has 41 heavy (non-hydrogen) atoms. The first-order chi connectivity index (χ1) is 19.7. The number of ether oxygens (including phenoxy) is 1. The molecule has 212 valence electrons. The van der Waals surface area contributed by atoms with Gasteiger partial charge in [0.05, 0.1) is 11.1 Å². The molecular weight excluding hydrogens is 574 g/mol. The number of hydrogen-bond acceptors (Lipinski definition) is 12. The first kappa shape index (κ1) is 28.1. The highest BCUT2D eigenvalue weighted by atomic mass is 32.2. The SMILES string of the molecule is NC(C(=O)N[C@H]1C(=O)N2C(C(=O)OCc3ccc([N+](=O)[O-])cc3)=C(CSc3cnn[nH]3)CS[C@@H]12)c1ccc(O)cc1. The van der Waals surface area contributed by atoms with Crippen LogP contribution < -0.4 is 11.1 Å². The van der Waals surface area contributed by atoms with Crippen LogP contribution in [0.2, 0.25) is 0 Å². The second-order valence-corrected chi connectivity index (χ2v) is 11.1. The average molecular weight is 598 g/mol. The minimum absolute atomic E-state index is 0.0299. The number of thioether (sulfide) groups is 2. The number of nitro benzene ring substituents is 1. The second-order valence-electron chi connectivity index (χ2n) is 9.03. The number of benzene rings is 2. The summed E-state index contributed by atoms with van der Waals surface area (Å²) < 4.78 is 5.52. The average Bonchev–Trinajstić information content (AvgIpc) is 3.51. The number of aromatic amines is 1. The van der Waals surface area contributed by atoms with Crippen molar-refractivity contribution < 1.29 is 29.2 Å². The van der Waals surface area contributed by atoms with E-state index in [2.05, 4.69) is 20.7 Å². The number of amides is 2. The number of nitrogens with two attached hydrogens (primary N) is 1. The lowest BCUT2D eigenvalue weighted by Gasteiger charge is -2.49. The summed E-state index contributed by atoms with van der Waals surface area (Å²) in [7, 11) is 0. The van der Waals surface area contributed by atoms with Crippen LogP contribution in [-0.4, -0.2) is 71.0 Å². The minimum Gasteiger partial charge on any atom is -0.508 e. The molecule has 2 aromatic carbocycles. The molecule has 0 bridgehead atoms. The van der Waals surface area contributed by atoms with Crippen molar-refractivity contribution in [2.24, 2.45) is 5.73 Å². The van der Waals surface area contributed by atoms with Crippen LogP contribution in [0.1, 0.15) is 17.2 Å². The number of phenols is 1. The van der Waals surface area contributed by atoms with Gasteiger partial charge in [-0.3, -0.25) is 29.7 Å². The molecular formula is C25H23N7O7S2. The first-order valence-electron chi connectivity index (χ1n) is 12.1. The third-order valence-electron chi connectivity index (χ3n) is 6.38. The van der Waals surface area contributed by atoms with E-state index in [1.807, 2.05) is 0 Å². The van der Waals surface area contributed by atoms with Crippen LogP contribution in [0.4, 0.5) is 5.69 Å². The number of aromatic nitrogens is 3. The molecule has 0 spiro atoms. The van der Waals surface area contributed by atoms with Crippen LogP contribution in [0, 0.1) is 10.1 Å². The molecule has 1 aromatic heterocycles. The topological polar surface area (TPSA) is 207 Å². The van der Waals surface area contributed by atoms with Gasteiger partial charge in [-0.2, -0.15) is 0 Å². The molecule has 2 aliphatic rings. The zero-order valence-electron chi connectivity index (χ0n) is 21.1. The van der Waals surface area contributed by atoms with Crippen molar-refractivity contribution in [3.8, 4) is 5.75 Å². The summed E-state index contributed by atoms with van der Waals surface area (Å²) in [6.07, 6.45) is 1.54. The fraction of sp³-hybridized carbons (Fsp3) is 0.240. The number of nitro groups is 1. The van der Waals surface area contributed by atoms with E-state index in [4.69, 9.17) is 10.5 Å². The van der Waals surface area contributed by atoms with E-state index in [0.29, 0.717) is 33.2 Å². The van der Waals surface area contributed by atoms with E-state index in [1.165, 1.54) is 83.2 Å². The number of rotatable bonds is 10. The Hall–Kier alpha value is -4.41. The van der Waals surface area contributed by atoms with Crippen molar-refractivity contribution in [1.29, 1.82) is 0 Å². The molecule has 3 atom stereocenters. The van der Waals surface area contributed by atoms with Gasteiger partial charge in [-0.15, -0.1) is 28.6 Å². The summed E-state index contributed by atoms with van der Waals surface area (Å²) in [6, 6.07) is 9.48. The number of H-pyrrole nitrogens is 1. The summed E-state index contributed by atoms with van der Waals surface area (Å²) in [5.41, 5.74) is 7.72. The Morgan fingerprint density at radius 2 is 2.00 bits per heavy atom. The summed E-state index contributed by atoms with van der Waals surface area (Å²) in [4.78, 5) is 51.2. The van der Waals surface area contributed by atoms with Gasteiger partial charge in [0.25, 0.3) is 11.6 Å². The number of aromatic hydroxyl groups is 1. The molecule has 2 amide bonds. The molecule has 1 fully saturated rings. The maximum atomic E-state index is 13.3. The molecule has 0 radical (unpaired) electrons. The Kier molecular flexibility index (Phi) is 8.23. The normalized spacial score (nSPS) is 18.8. The van der Waals surface area contributed by atoms with E-state index in [-0.39, 0.29) is 23.7 Å². The number of β-lactam (4-membered cyclic amide) rings is 1. The lowest BCUT2D eigenvalue weighted by molar-refractivity contribution is -0.384. The van der Waals surface area contributed by atoms with Gasteiger partial charge >= 0.3 is 5.97 Å². The van der Waals surface area contributed by atoms with Crippen LogP contribution in [0.15, 0.2) is 71.0 Å². The van der Waals surface area contributed by atoms with Crippen LogP contribution >= 0.6 is 23.5 Å². The Morgan fingerprint density at radius 1 is 1.27 bits per heavy atom. The summed E-state index contributed by atoms with van der Waals surface area (Å²) in [5, 5.41) is 33.3. The van der Waals surface area contributed by atoms with Crippen LogP contribution in [-0.2, 0) is 25.7 Å². The van der Waals surface area contributed by atoms with E-state index in [1.54, 1.807) is 0 Å². The molecule has 5 rings (SSSR count). The molecule has 16 heteroatoms. The fourth-order valence-corrected chi connectivity index (χ4v) is 6.48. The molecule has 1 saturated heterocycles. The third kappa shape index (κ3) is 6.03. The number of fused-ring (bicyclic) bond motifs is 1. The number of carbonyl (C=O) groups is 3. The molecule has 2 aliphatic heterocycles. The maximum absolute atomic E-state index is 13.3. The maximum Gasteiger partial charge on any atom is 0.355 e. The summed E-state index contributed by atoms with van der Waals surface area (Å²) >= 11 is 2.74. The van der Waals surface area contributed by atoms with E-state index in [9.17, 15) is 29.6 Å². The summed E-state index contributed by atoms with van der Waals surface area (Å²) in [6.45, 7) is -0.160. The standard InChI is InChI=1S/C25H23N7O7S2/c26-19(14-3-7-17(33)8-4-14)22(34)28-20-23(35)31-21(15(12-41-24(20)31)11-40-18-9-27-30-29-18)25(36)39-10-13-1-5-16(6-2-13)32(37)38/h1-9,19-20,24,33H,10-12,26H2,(H,28,34)(H,27,29,30)/t19?,20-,24-/m0/s1. The highest BCUT2D eigenvalue weighted by Gasteiger charge is 2.54. The van der Waals surface area contributed by atoms with Gasteiger partial charge in [-0.1, -0.05) is 17.3 Å². The fourth-order valence-electron chi connectivity index (χ4n) is 4.21. The van der Waals surface area contributed by atoms with Crippen LogP contribution in [0.25, 0.3) is 0 Å². The molecule has 3 heterocycles.